The second-order valence-corrected chi connectivity index (χ2v) is 3.00. The molecule has 0 atom stereocenters. The standard InChI is InChI=1S/C10H11FN2O2/c1-7(14)12-13-10(15)6-8-4-2-3-5-9(8)11/h2-5H,6H2,1H3,(H,12,14)(H,13,15). The molecule has 0 heterocycles. The maximum Gasteiger partial charge on any atom is 0.242 e. The quantitative estimate of drug-likeness (QED) is 0.700. The minimum absolute atomic E-state index is 0.104. The van der Waals surface area contributed by atoms with Crippen molar-refractivity contribution in [2.45, 2.75) is 13.3 Å². The fourth-order valence-electron chi connectivity index (χ4n) is 1.02. The van der Waals surface area contributed by atoms with E-state index in [0.717, 1.165) is 0 Å². The first kappa shape index (κ1) is 11.2. The van der Waals surface area contributed by atoms with Crippen molar-refractivity contribution < 1.29 is 14.0 Å². The number of amides is 2. The summed E-state index contributed by atoms with van der Waals surface area (Å²) in [6, 6.07) is 5.98. The lowest BCUT2D eigenvalue weighted by molar-refractivity contribution is -0.127. The van der Waals surface area contributed by atoms with Gasteiger partial charge in [-0.25, -0.2) is 4.39 Å². The second-order valence-electron chi connectivity index (χ2n) is 3.00. The summed E-state index contributed by atoms with van der Waals surface area (Å²) in [5.74, 6) is -1.28. The molecule has 2 N–H and O–H groups in total. The molecule has 0 aliphatic rings. The number of hydrogen-bond donors (Lipinski definition) is 2. The molecular formula is C10H11FN2O2. The molecule has 0 fully saturated rings. The average Bonchev–Trinajstić information content (AvgIpc) is 2.18. The highest BCUT2D eigenvalue weighted by Crippen LogP contribution is 2.06. The minimum atomic E-state index is -0.463. The number of carbonyl (C=O) groups excluding carboxylic acids is 2. The SMILES string of the molecule is CC(=O)NNC(=O)Cc1ccccc1F. The molecule has 1 aromatic rings. The van der Waals surface area contributed by atoms with Gasteiger partial charge in [-0.2, -0.15) is 0 Å². The molecule has 80 valence electrons. The zero-order chi connectivity index (χ0) is 11.3. The highest BCUT2D eigenvalue weighted by molar-refractivity contribution is 5.82. The molecular weight excluding hydrogens is 199 g/mol. The Morgan fingerprint density at radius 1 is 1.27 bits per heavy atom. The Morgan fingerprint density at radius 3 is 2.53 bits per heavy atom. The van der Waals surface area contributed by atoms with Gasteiger partial charge in [-0.05, 0) is 11.6 Å². The van der Waals surface area contributed by atoms with E-state index >= 15 is 0 Å². The van der Waals surface area contributed by atoms with E-state index in [1.807, 2.05) is 0 Å². The monoisotopic (exact) mass is 210 g/mol. The molecule has 0 spiro atoms. The number of hydrazine groups is 1. The molecule has 0 aliphatic carbocycles. The zero-order valence-electron chi connectivity index (χ0n) is 8.21. The van der Waals surface area contributed by atoms with Crippen molar-refractivity contribution in [2.24, 2.45) is 0 Å². The smallest absolute Gasteiger partial charge is 0.242 e. The molecule has 2 amide bonds. The maximum absolute atomic E-state index is 13.1. The van der Waals surface area contributed by atoms with Crippen LogP contribution >= 0.6 is 0 Å². The van der Waals surface area contributed by atoms with Gasteiger partial charge in [0.25, 0.3) is 0 Å². The second kappa shape index (κ2) is 5.09. The molecule has 15 heavy (non-hydrogen) atoms. The van der Waals surface area contributed by atoms with Crippen molar-refractivity contribution in [3.05, 3.63) is 35.6 Å². The van der Waals surface area contributed by atoms with Gasteiger partial charge < -0.3 is 0 Å². The van der Waals surface area contributed by atoms with E-state index in [1.54, 1.807) is 12.1 Å². The lowest BCUT2D eigenvalue weighted by atomic mass is 10.1. The van der Waals surface area contributed by atoms with Crippen LogP contribution in [-0.2, 0) is 16.0 Å². The fourth-order valence-corrected chi connectivity index (χ4v) is 1.02. The van der Waals surface area contributed by atoms with Gasteiger partial charge in [-0.3, -0.25) is 20.4 Å². The first-order valence-corrected chi connectivity index (χ1v) is 4.38. The summed E-state index contributed by atoms with van der Waals surface area (Å²) >= 11 is 0. The molecule has 0 radical (unpaired) electrons. The maximum atomic E-state index is 13.1. The molecule has 0 aromatic heterocycles. The molecule has 5 heteroatoms. The summed E-state index contributed by atoms with van der Waals surface area (Å²) in [6.45, 7) is 1.27. The van der Waals surface area contributed by atoms with Crippen LogP contribution in [0, 0.1) is 5.82 Å². The van der Waals surface area contributed by atoms with Crippen LogP contribution in [0.25, 0.3) is 0 Å². The van der Waals surface area contributed by atoms with Crippen LogP contribution in [0.15, 0.2) is 24.3 Å². The third-order valence-electron chi connectivity index (χ3n) is 1.69. The Bertz CT molecular complexity index is 379. The van der Waals surface area contributed by atoms with E-state index in [0.29, 0.717) is 5.56 Å². The predicted octanol–water partition coefficient (Wildman–Crippen LogP) is 0.535. The molecule has 0 saturated heterocycles. The van der Waals surface area contributed by atoms with Crippen LogP contribution in [0.2, 0.25) is 0 Å². The molecule has 4 nitrogen and oxygen atoms in total. The lowest BCUT2D eigenvalue weighted by Gasteiger charge is -2.05. The highest BCUT2D eigenvalue weighted by Gasteiger charge is 2.06. The number of benzene rings is 1. The van der Waals surface area contributed by atoms with Gasteiger partial charge in [0.15, 0.2) is 0 Å². The van der Waals surface area contributed by atoms with E-state index in [4.69, 9.17) is 0 Å². The Morgan fingerprint density at radius 2 is 1.93 bits per heavy atom. The molecule has 0 saturated carbocycles. The third-order valence-corrected chi connectivity index (χ3v) is 1.69. The predicted molar refractivity (Wildman–Crippen MR) is 52.1 cm³/mol. The van der Waals surface area contributed by atoms with E-state index in [2.05, 4.69) is 10.9 Å². The zero-order valence-corrected chi connectivity index (χ0v) is 8.21. The highest BCUT2D eigenvalue weighted by atomic mass is 19.1. The first-order valence-electron chi connectivity index (χ1n) is 4.38. The van der Waals surface area contributed by atoms with Crippen LogP contribution in [0.1, 0.15) is 12.5 Å². The lowest BCUT2D eigenvalue weighted by Crippen LogP contribution is -2.41. The summed E-state index contributed by atoms with van der Waals surface area (Å²) in [5.41, 5.74) is 4.57. The Labute approximate surface area is 86.4 Å². The van der Waals surface area contributed by atoms with Crippen molar-refractivity contribution >= 4 is 11.8 Å². The van der Waals surface area contributed by atoms with Gasteiger partial charge >= 0.3 is 0 Å². The van der Waals surface area contributed by atoms with Gasteiger partial charge in [-0.15, -0.1) is 0 Å². The van der Waals surface area contributed by atoms with E-state index < -0.39 is 11.7 Å². The van der Waals surface area contributed by atoms with Crippen molar-refractivity contribution in [1.29, 1.82) is 0 Å². The topological polar surface area (TPSA) is 58.2 Å². The van der Waals surface area contributed by atoms with Crippen LogP contribution in [0.5, 0.6) is 0 Å². The number of carbonyl (C=O) groups is 2. The summed E-state index contributed by atoms with van der Waals surface area (Å²) in [4.78, 5) is 21.6. The van der Waals surface area contributed by atoms with E-state index in [9.17, 15) is 14.0 Å². The number of rotatable bonds is 2. The van der Waals surface area contributed by atoms with E-state index in [-0.39, 0.29) is 12.3 Å². The minimum Gasteiger partial charge on any atom is -0.274 e. The van der Waals surface area contributed by atoms with Crippen molar-refractivity contribution in [3.63, 3.8) is 0 Å². The molecule has 0 aliphatic heterocycles. The van der Waals surface area contributed by atoms with Gasteiger partial charge in [0, 0.05) is 6.92 Å². The molecule has 0 unspecified atom stereocenters. The van der Waals surface area contributed by atoms with Gasteiger partial charge in [0.05, 0.1) is 6.42 Å². The summed E-state index contributed by atoms with van der Waals surface area (Å²) in [5, 5.41) is 0. The van der Waals surface area contributed by atoms with Crippen LogP contribution < -0.4 is 10.9 Å². The molecule has 1 rings (SSSR count). The Kier molecular flexibility index (Phi) is 3.79. The molecule has 0 bridgehead atoms. The van der Waals surface area contributed by atoms with Gasteiger partial charge in [-0.1, -0.05) is 18.2 Å². The summed E-state index contributed by atoms with van der Waals surface area (Å²) in [7, 11) is 0. The van der Waals surface area contributed by atoms with Crippen molar-refractivity contribution in [3.8, 4) is 0 Å². The Hall–Kier alpha value is -1.91. The first-order chi connectivity index (χ1) is 7.09. The number of hydrogen-bond acceptors (Lipinski definition) is 2. The van der Waals surface area contributed by atoms with E-state index in [1.165, 1.54) is 19.1 Å². The van der Waals surface area contributed by atoms with Crippen LogP contribution in [0.4, 0.5) is 4.39 Å². The van der Waals surface area contributed by atoms with Gasteiger partial charge in [0.2, 0.25) is 11.8 Å². The fraction of sp³-hybridized carbons (Fsp3) is 0.200. The normalized spacial score (nSPS) is 9.47. The van der Waals surface area contributed by atoms with Crippen molar-refractivity contribution in [2.75, 3.05) is 0 Å². The number of nitrogens with one attached hydrogen (secondary N) is 2. The number of halogens is 1. The van der Waals surface area contributed by atoms with Gasteiger partial charge in [0.1, 0.15) is 5.82 Å². The van der Waals surface area contributed by atoms with Crippen LogP contribution in [-0.4, -0.2) is 11.8 Å². The van der Waals surface area contributed by atoms with Crippen molar-refractivity contribution in [1.82, 2.24) is 10.9 Å². The Balaban J connectivity index is 2.52. The van der Waals surface area contributed by atoms with Crippen LogP contribution in [0.3, 0.4) is 0 Å². The summed E-state index contributed by atoms with van der Waals surface area (Å²) < 4.78 is 13.1. The summed E-state index contributed by atoms with van der Waals surface area (Å²) in [6.07, 6.45) is -0.104. The third kappa shape index (κ3) is 3.76. The molecule has 1 aromatic carbocycles. The average molecular weight is 210 g/mol. The largest absolute Gasteiger partial charge is 0.274 e.